The van der Waals surface area contributed by atoms with Crippen molar-refractivity contribution in [1.29, 1.82) is 0 Å². The first-order chi connectivity index (χ1) is 10.2. The summed E-state index contributed by atoms with van der Waals surface area (Å²) in [6, 6.07) is 7.80. The molecule has 21 heavy (non-hydrogen) atoms. The standard InChI is InChI=1S/C15H19N3O3/c1-2-21-12-5-3-11(4-6-12)9-10-16-15(20)13-7-8-14(19)18-17-13/h3-6H,2,7-10H2,1H3,(H,16,20)(H,18,19). The zero-order chi connectivity index (χ0) is 15.1. The van der Waals surface area contributed by atoms with Gasteiger partial charge in [0.2, 0.25) is 5.91 Å². The fourth-order valence-electron chi connectivity index (χ4n) is 1.98. The van der Waals surface area contributed by atoms with Gasteiger partial charge in [-0.2, -0.15) is 5.10 Å². The number of hydrogen-bond acceptors (Lipinski definition) is 4. The van der Waals surface area contributed by atoms with Gasteiger partial charge in [0.05, 0.1) is 6.61 Å². The Balaban J connectivity index is 1.76. The molecule has 112 valence electrons. The summed E-state index contributed by atoms with van der Waals surface area (Å²) in [5, 5.41) is 6.56. The number of hydrazone groups is 1. The van der Waals surface area contributed by atoms with Gasteiger partial charge < -0.3 is 10.1 Å². The zero-order valence-electron chi connectivity index (χ0n) is 12.0. The van der Waals surface area contributed by atoms with Gasteiger partial charge in [0.15, 0.2) is 0 Å². The largest absolute Gasteiger partial charge is 0.494 e. The van der Waals surface area contributed by atoms with E-state index < -0.39 is 0 Å². The van der Waals surface area contributed by atoms with Gasteiger partial charge in [-0.05, 0) is 31.0 Å². The van der Waals surface area contributed by atoms with Crippen LogP contribution in [0.2, 0.25) is 0 Å². The Labute approximate surface area is 123 Å². The quantitative estimate of drug-likeness (QED) is 0.820. The summed E-state index contributed by atoms with van der Waals surface area (Å²) in [6.07, 6.45) is 1.43. The van der Waals surface area contributed by atoms with E-state index in [1.54, 1.807) is 0 Å². The molecular weight excluding hydrogens is 270 g/mol. The normalized spacial score (nSPS) is 14.1. The predicted molar refractivity (Wildman–Crippen MR) is 79.1 cm³/mol. The molecule has 1 heterocycles. The first-order valence-corrected chi connectivity index (χ1v) is 7.04. The van der Waals surface area contributed by atoms with Crippen LogP contribution in [0.5, 0.6) is 5.75 Å². The number of rotatable bonds is 6. The third-order valence-corrected chi connectivity index (χ3v) is 3.10. The minimum absolute atomic E-state index is 0.152. The molecule has 0 unspecified atom stereocenters. The lowest BCUT2D eigenvalue weighted by Crippen LogP contribution is -2.37. The van der Waals surface area contributed by atoms with Crippen molar-refractivity contribution in [2.24, 2.45) is 5.10 Å². The van der Waals surface area contributed by atoms with Gasteiger partial charge >= 0.3 is 0 Å². The van der Waals surface area contributed by atoms with E-state index >= 15 is 0 Å². The Hall–Kier alpha value is -2.37. The van der Waals surface area contributed by atoms with Gasteiger partial charge in [0.25, 0.3) is 5.91 Å². The average molecular weight is 289 g/mol. The van der Waals surface area contributed by atoms with Crippen LogP contribution in [0.3, 0.4) is 0 Å². The predicted octanol–water partition coefficient (Wildman–Crippen LogP) is 1.01. The second kappa shape index (κ2) is 7.42. The third kappa shape index (κ3) is 4.59. The molecule has 2 N–H and O–H groups in total. The summed E-state index contributed by atoms with van der Waals surface area (Å²) in [6.45, 7) is 3.12. The Morgan fingerprint density at radius 2 is 2.10 bits per heavy atom. The summed E-state index contributed by atoms with van der Waals surface area (Å²) in [7, 11) is 0. The number of carbonyl (C=O) groups excluding carboxylic acids is 2. The highest BCUT2D eigenvalue weighted by molar-refractivity contribution is 6.39. The molecule has 0 spiro atoms. The number of amides is 2. The summed E-state index contributed by atoms with van der Waals surface area (Å²) in [4.78, 5) is 22.8. The fourth-order valence-corrected chi connectivity index (χ4v) is 1.98. The van der Waals surface area contributed by atoms with Gasteiger partial charge in [-0.3, -0.25) is 9.59 Å². The van der Waals surface area contributed by atoms with Gasteiger partial charge in [0, 0.05) is 19.4 Å². The van der Waals surface area contributed by atoms with Crippen LogP contribution < -0.4 is 15.5 Å². The Morgan fingerprint density at radius 3 is 2.71 bits per heavy atom. The van der Waals surface area contributed by atoms with Gasteiger partial charge in [0.1, 0.15) is 11.5 Å². The number of benzene rings is 1. The highest BCUT2D eigenvalue weighted by Gasteiger charge is 2.17. The maximum atomic E-state index is 11.8. The van der Waals surface area contributed by atoms with E-state index in [1.165, 1.54) is 0 Å². The molecule has 0 saturated carbocycles. The van der Waals surface area contributed by atoms with E-state index in [0.717, 1.165) is 17.7 Å². The van der Waals surface area contributed by atoms with Crippen molar-refractivity contribution in [2.45, 2.75) is 26.2 Å². The SMILES string of the molecule is CCOc1ccc(CCNC(=O)C2=NNC(=O)CC2)cc1. The third-order valence-electron chi connectivity index (χ3n) is 3.10. The number of nitrogens with zero attached hydrogens (tertiary/aromatic N) is 1. The average Bonchev–Trinajstić information content (AvgIpc) is 2.50. The molecule has 1 aliphatic heterocycles. The molecule has 1 aromatic rings. The van der Waals surface area contributed by atoms with Crippen molar-refractivity contribution in [3.8, 4) is 5.75 Å². The van der Waals surface area contributed by atoms with Crippen LogP contribution in [-0.4, -0.2) is 30.7 Å². The fraction of sp³-hybridized carbons (Fsp3) is 0.400. The smallest absolute Gasteiger partial charge is 0.267 e. The lowest BCUT2D eigenvalue weighted by molar-refractivity contribution is -0.121. The molecule has 0 fully saturated rings. The molecule has 6 nitrogen and oxygen atoms in total. The van der Waals surface area contributed by atoms with Crippen LogP contribution in [0.4, 0.5) is 0 Å². The summed E-state index contributed by atoms with van der Waals surface area (Å²) < 4.78 is 5.37. The van der Waals surface area contributed by atoms with Crippen LogP contribution in [0.15, 0.2) is 29.4 Å². The second-order valence-corrected chi connectivity index (χ2v) is 4.68. The molecule has 6 heteroatoms. The Morgan fingerprint density at radius 1 is 1.33 bits per heavy atom. The minimum atomic E-state index is -0.221. The van der Waals surface area contributed by atoms with Crippen molar-refractivity contribution >= 4 is 17.5 Å². The first-order valence-electron chi connectivity index (χ1n) is 7.04. The second-order valence-electron chi connectivity index (χ2n) is 4.68. The van der Waals surface area contributed by atoms with Crippen LogP contribution in [0, 0.1) is 0 Å². The van der Waals surface area contributed by atoms with E-state index in [9.17, 15) is 9.59 Å². The summed E-state index contributed by atoms with van der Waals surface area (Å²) >= 11 is 0. The van der Waals surface area contributed by atoms with Crippen molar-refractivity contribution in [3.63, 3.8) is 0 Å². The van der Waals surface area contributed by atoms with E-state index in [4.69, 9.17) is 4.74 Å². The first kappa shape index (κ1) is 15.0. The van der Waals surface area contributed by atoms with Crippen LogP contribution in [0.25, 0.3) is 0 Å². The summed E-state index contributed by atoms with van der Waals surface area (Å²) in [5.41, 5.74) is 3.81. The molecule has 0 atom stereocenters. The van der Waals surface area contributed by atoms with Gasteiger partial charge in [-0.15, -0.1) is 0 Å². The lowest BCUT2D eigenvalue weighted by atomic mass is 10.1. The molecular formula is C15H19N3O3. The Bertz CT molecular complexity index is 538. The highest BCUT2D eigenvalue weighted by Crippen LogP contribution is 2.12. The molecule has 0 radical (unpaired) electrons. The maximum Gasteiger partial charge on any atom is 0.267 e. The Kier molecular flexibility index (Phi) is 5.31. The highest BCUT2D eigenvalue weighted by atomic mass is 16.5. The number of ether oxygens (including phenoxy) is 1. The van der Waals surface area contributed by atoms with Crippen molar-refractivity contribution < 1.29 is 14.3 Å². The van der Waals surface area contributed by atoms with Gasteiger partial charge in [-0.25, -0.2) is 5.43 Å². The van der Waals surface area contributed by atoms with Crippen LogP contribution in [-0.2, 0) is 16.0 Å². The maximum absolute atomic E-state index is 11.8. The monoisotopic (exact) mass is 289 g/mol. The van der Waals surface area contributed by atoms with Crippen molar-refractivity contribution in [1.82, 2.24) is 10.7 Å². The number of carbonyl (C=O) groups is 2. The van der Waals surface area contributed by atoms with Gasteiger partial charge in [-0.1, -0.05) is 12.1 Å². The van der Waals surface area contributed by atoms with Crippen molar-refractivity contribution in [2.75, 3.05) is 13.2 Å². The molecule has 2 rings (SSSR count). The molecule has 1 aromatic carbocycles. The zero-order valence-corrected chi connectivity index (χ0v) is 12.0. The molecule has 2 amide bonds. The molecule has 0 bridgehead atoms. The topological polar surface area (TPSA) is 79.8 Å². The van der Waals surface area contributed by atoms with Crippen LogP contribution >= 0.6 is 0 Å². The number of hydrogen-bond donors (Lipinski definition) is 2. The molecule has 0 saturated heterocycles. The van der Waals surface area contributed by atoms with Crippen molar-refractivity contribution in [3.05, 3.63) is 29.8 Å². The molecule has 0 aliphatic carbocycles. The van der Waals surface area contributed by atoms with Crippen LogP contribution in [0.1, 0.15) is 25.3 Å². The van der Waals surface area contributed by atoms with E-state index in [0.29, 0.717) is 31.7 Å². The van der Waals surface area contributed by atoms with E-state index in [-0.39, 0.29) is 11.8 Å². The summed E-state index contributed by atoms with van der Waals surface area (Å²) in [5.74, 6) is 0.472. The minimum Gasteiger partial charge on any atom is -0.494 e. The molecule has 1 aliphatic rings. The van der Waals surface area contributed by atoms with E-state index in [2.05, 4.69) is 15.8 Å². The lowest BCUT2D eigenvalue weighted by Gasteiger charge is -2.12. The van der Waals surface area contributed by atoms with E-state index in [1.807, 2.05) is 31.2 Å². The molecule has 0 aromatic heterocycles. The number of nitrogens with one attached hydrogen (secondary N) is 2.